The zero-order chi connectivity index (χ0) is 13.3. The summed E-state index contributed by atoms with van der Waals surface area (Å²) in [5.41, 5.74) is 0. The predicted octanol–water partition coefficient (Wildman–Crippen LogP) is 0.964. The van der Waals surface area contributed by atoms with Gasteiger partial charge >= 0.3 is 12.0 Å². The largest absolute Gasteiger partial charge is 0.481 e. The fourth-order valence-electron chi connectivity index (χ4n) is 1.30. The number of hydrogen-bond donors (Lipinski definition) is 3. The van der Waals surface area contributed by atoms with Gasteiger partial charge in [-0.3, -0.25) is 4.79 Å². The summed E-state index contributed by atoms with van der Waals surface area (Å²) >= 11 is 0. The van der Waals surface area contributed by atoms with E-state index in [-0.39, 0.29) is 24.5 Å². The van der Waals surface area contributed by atoms with Crippen LogP contribution >= 0.6 is 0 Å². The number of hydrogen-bond acceptors (Lipinski definition) is 3. The highest BCUT2D eigenvalue weighted by Gasteiger charge is 2.15. The molecule has 0 radical (unpaired) electrons. The first kappa shape index (κ1) is 15.7. The standard InChI is InChI=1S/C11H22N2O4/c1-4-9(6-10(14)15)13-11(16)12-8(3)7-17-5-2/h8-9H,4-7H2,1-3H3,(H,14,15)(H2,12,13,16). The van der Waals surface area contributed by atoms with Gasteiger partial charge in [0.15, 0.2) is 0 Å². The summed E-state index contributed by atoms with van der Waals surface area (Å²) in [5, 5.41) is 13.9. The van der Waals surface area contributed by atoms with Gasteiger partial charge in [-0.05, 0) is 20.3 Å². The van der Waals surface area contributed by atoms with Crippen LogP contribution in [-0.4, -0.2) is 42.4 Å². The molecular formula is C11H22N2O4. The normalized spacial score (nSPS) is 13.8. The average Bonchev–Trinajstić information content (AvgIpc) is 2.24. The van der Waals surface area contributed by atoms with E-state index in [1.54, 1.807) is 0 Å². The van der Waals surface area contributed by atoms with Crippen LogP contribution in [0.5, 0.6) is 0 Å². The van der Waals surface area contributed by atoms with Crippen LogP contribution in [0.25, 0.3) is 0 Å². The van der Waals surface area contributed by atoms with Crippen molar-refractivity contribution in [2.24, 2.45) is 0 Å². The molecule has 0 spiro atoms. The van der Waals surface area contributed by atoms with E-state index in [2.05, 4.69) is 10.6 Å². The zero-order valence-corrected chi connectivity index (χ0v) is 10.7. The Balaban J connectivity index is 3.93. The van der Waals surface area contributed by atoms with Crippen LogP contribution in [0.3, 0.4) is 0 Å². The smallest absolute Gasteiger partial charge is 0.315 e. The van der Waals surface area contributed by atoms with Crippen molar-refractivity contribution >= 4 is 12.0 Å². The minimum atomic E-state index is -0.917. The van der Waals surface area contributed by atoms with Gasteiger partial charge in [-0.2, -0.15) is 0 Å². The van der Waals surface area contributed by atoms with Gasteiger partial charge in [-0.15, -0.1) is 0 Å². The molecule has 0 aromatic carbocycles. The first-order chi connectivity index (χ1) is 7.99. The summed E-state index contributed by atoms with van der Waals surface area (Å²) in [6.07, 6.45) is 0.517. The second-order valence-electron chi connectivity index (χ2n) is 3.88. The molecule has 100 valence electrons. The summed E-state index contributed by atoms with van der Waals surface area (Å²) in [6.45, 7) is 6.58. The van der Waals surface area contributed by atoms with Crippen molar-refractivity contribution in [3.05, 3.63) is 0 Å². The minimum absolute atomic E-state index is 0.0657. The van der Waals surface area contributed by atoms with E-state index >= 15 is 0 Å². The van der Waals surface area contributed by atoms with Gasteiger partial charge in [-0.25, -0.2) is 4.79 Å². The quantitative estimate of drug-likeness (QED) is 0.595. The fourth-order valence-corrected chi connectivity index (χ4v) is 1.30. The van der Waals surface area contributed by atoms with E-state index in [0.29, 0.717) is 19.6 Å². The lowest BCUT2D eigenvalue weighted by atomic mass is 10.1. The van der Waals surface area contributed by atoms with Crippen molar-refractivity contribution in [1.82, 2.24) is 10.6 Å². The molecule has 2 amide bonds. The first-order valence-electron chi connectivity index (χ1n) is 5.86. The van der Waals surface area contributed by atoms with Crippen LogP contribution in [-0.2, 0) is 9.53 Å². The lowest BCUT2D eigenvalue weighted by Gasteiger charge is -2.18. The molecule has 6 heteroatoms. The Labute approximate surface area is 102 Å². The molecule has 0 aliphatic carbocycles. The molecule has 0 bridgehead atoms. The molecule has 0 saturated heterocycles. The molecule has 0 aliphatic rings. The van der Waals surface area contributed by atoms with Crippen LogP contribution in [0, 0.1) is 0 Å². The summed E-state index contributed by atoms with van der Waals surface area (Å²) < 4.78 is 5.16. The van der Waals surface area contributed by atoms with Gasteiger partial charge < -0.3 is 20.5 Å². The number of carbonyl (C=O) groups is 2. The second kappa shape index (κ2) is 8.81. The third-order valence-corrected chi connectivity index (χ3v) is 2.20. The molecule has 0 heterocycles. The van der Waals surface area contributed by atoms with Crippen LogP contribution in [0.15, 0.2) is 0 Å². The third kappa shape index (κ3) is 8.50. The van der Waals surface area contributed by atoms with E-state index in [1.165, 1.54) is 0 Å². The Kier molecular flexibility index (Phi) is 8.13. The molecule has 17 heavy (non-hydrogen) atoms. The molecule has 0 fully saturated rings. The third-order valence-electron chi connectivity index (χ3n) is 2.20. The SMILES string of the molecule is CCOCC(C)NC(=O)NC(CC)CC(=O)O. The summed E-state index contributed by atoms with van der Waals surface area (Å²) in [7, 11) is 0. The number of ether oxygens (including phenoxy) is 1. The predicted molar refractivity (Wildman–Crippen MR) is 64.0 cm³/mol. The van der Waals surface area contributed by atoms with E-state index in [4.69, 9.17) is 9.84 Å². The monoisotopic (exact) mass is 246 g/mol. The van der Waals surface area contributed by atoms with E-state index < -0.39 is 5.97 Å². The number of rotatable bonds is 8. The number of carboxylic acid groups (broad SMARTS) is 1. The number of aliphatic carboxylic acids is 1. The molecule has 3 N–H and O–H groups in total. The lowest BCUT2D eigenvalue weighted by Crippen LogP contribution is -2.47. The van der Waals surface area contributed by atoms with Crippen molar-refractivity contribution in [2.45, 2.75) is 45.7 Å². The highest BCUT2D eigenvalue weighted by molar-refractivity contribution is 5.75. The number of carboxylic acids is 1. The zero-order valence-electron chi connectivity index (χ0n) is 10.7. The fraction of sp³-hybridized carbons (Fsp3) is 0.818. The van der Waals surface area contributed by atoms with E-state index in [9.17, 15) is 9.59 Å². The molecule has 2 unspecified atom stereocenters. The summed E-state index contributed by atoms with van der Waals surface area (Å²) in [6, 6.07) is -0.797. The molecule has 0 rings (SSSR count). The molecule has 0 aliphatic heterocycles. The van der Waals surface area contributed by atoms with Gasteiger partial charge in [0.05, 0.1) is 19.1 Å². The Bertz CT molecular complexity index is 246. The van der Waals surface area contributed by atoms with Gasteiger partial charge in [0.25, 0.3) is 0 Å². The van der Waals surface area contributed by atoms with Crippen LogP contribution in [0.4, 0.5) is 4.79 Å². The van der Waals surface area contributed by atoms with Crippen molar-refractivity contribution in [1.29, 1.82) is 0 Å². The van der Waals surface area contributed by atoms with Crippen molar-refractivity contribution in [2.75, 3.05) is 13.2 Å². The van der Waals surface area contributed by atoms with Gasteiger partial charge in [0.1, 0.15) is 0 Å². The Morgan fingerprint density at radius 1 is 1.29 bits per heavy atom. The van der Waals surface area contributed by atoms with Gasteiger partial charge in [0, 0.05) is 12.6 Å². The Morgan fingerprint density at radius 2 is 1.94 bits per heavy atom. The average molecular weight is 246 g/mol. The molecule has 6 nitrogen and oxygen atoms in total. The van der Waals surface area contributed by atoms with Gasteiger partial charge in [0.2, 0.25) is 0 Å². The van der Waals surface area contributed by atoms with Crippen LogP contribution in [0.2, 0.25) is 0 Å². The van der Waals surface area contributed by atoms with E-state index in [1.807, 2.05) is 20.8 Å². The number of urea groups is 1. The summed E-state index contributed by atoms with van der Waals surface area (Å²) in [4.78, 5) is 22.0. The van der Waals surface area contributed by atoms with Crippen molar-refractivity contribution < 1.29 is 19.4 Å². The molecular weight excluding hydrogens is 224 g/mol. The number of nitrogens with one attached hydrogen (secondary N) is 2. The second-order valence-corrected chi connectivity index (χ2v) is 3.88. The molecule has 0 aromatic rings. The first-order valence-corrected chi connectivity index (χ1v) is 5.86. The topological polar surface area (TPSA) is 87.7 Å². The minimum Gasteiger partial charge on any atom is -0.481 e. The van der Waals surface area contributed by atoms with Gasteiger partial charge in [-0.1, -0.05) is 6.92 Å². The molecule has 0 saturated carbocycles. The highest BCUT2D eigenvalue weighted by atomic mass is 16.5. The van der Waals surface area contributed by atoms with E-state index in [0.717, 1.165) is 0 Å². The molecule has 2 atom stereocenters. The van der Waals surface area contributed by atoms with Crippen LogP contribution < -0.4 is 10.6 Å². The van der Waals surface area contributed by atoms with Crippen molar-refractivity contribution in [3.8, 4) is 0 Å². The maximum atomic E-state index is 11.5. The summed E-state index contributed by atoms with van der Waals surface area (Å²) in [5.74, 6) is -0.917. The number of amides is 2. The maximum absolute atomic E-state index is 11.5. The Hall–Kier alpha value is -1.30. The lowest BCUT2D eigenvalue weighted by molar-refractivity contribution is -0.137. The van der Waals surface area contributed by atoms with Crippen molar-refractivity contribution in [3.63, 3.8) is 0 Å². The Morgan fingerprint density at radius 3 is 2.41 bits per heavy atom. The highest BCUT2D eigenvalue weighted by Crippen LogP contribution is 1.97. The molecule has 0 aromatic heterocycles. The number of carbonyl (C=O) groups excluding carboxylic acids is 1. The maximum Gasteiger partial charge on any atom is 0.315 e. The van der Waals surface area contributed by atoms with Crippen LogP contribution in [0.1, 0.15) is 33.6 Å².